The third-order valence-corrected chi connectivity index (χ3v) is 2.76. The summed E-state index contributed by atoms with van der Waals surface area (Å²) in [5.74, 6) is 0. The smallest absolute Gasteiger partial charge is 0.0991 e. The number of rotatable bonds is 1. The second-order valence-corrected chi connectivity index (χ2v) is 3.99. The third-order valence-electron chi connectivity index (χ3n) is 2.76. The quantitative estimate of drug-likeness (QED) is 0.673. The second-order valence-electron chi connectivity index (χ2n) is 3.99. The summed E-state index contributed by atoms with van der Waals surface area (Å²) < 4.78 is 0. The summed E-state index contributed by atoms with van der Waals surface area (Å²) in [6.45, 7) is 5.49. The van der Waals surface area contributed by atoms with E-state index in [0.29, 0.717) is 6.04 Å². The molecule has 1 aliphatic heterocycles. The standard InChI is InChI=1S/C12H14N2/c1-9(2)14-6-5-11-7-10(8-13)3-4-12(11)14/h3-4,7,9H,5-6H2,1-2H3. The molecule has 0 unspecified atom stereocenters. The van der Waals surface area contributed by atoms with Crippen molar-refractivity contribution in [2.24, 2.45) is 0 Å². The molecule has 1 heterocycles. The molecule has 1 aromatic carbocycles. The molecule has 0 aromatic heterocycles. The van der Waals surface area contributed by atoms with Crippen molar-refractivity contribution in [2.75, 3.05) is 11.4 Å². The summed E-state index contributed by atoms with van der Waals surface area (Å²) in [6, 6.07) is 8.71. The Morgan fingerprint density at radius 2 is 2.21 bits per heavy atom. The van der Waals surface area contributed by atoms with E-state index in [9.17, 15) is 0 Å². The Kier molecular flexibility index (Phi) is 2.17. The Labute approximate surface area is 84.8 Å². The van der Waals surface area contributed by atoms with Gasteiger partial charge in [0.1, 0.15) is 0 Å². The van der Waals surface area contributed by atoms with Crippen LogP contribution in [0.1, 0.15) is 25.0 Å². The summed E-state index contributed by atoms with van der Waals surface area (Å²) in [7, 11) is 0. The molecular formula is C12H14N2. The van der Waals surface area contributed by atoms with Crippen LogP contribution in [0.15, 0.2) is 18.2 Å². The van der Waals surface area contributed by atoms with Crippen LogP contribution >= 0.6 is 0 Å². The zero-order chi connectivity index (χ0) is 10.1. The van der Waals surface area contributed by atoms with Crippen molar-refractivity contribution in [3.05, 3.63) is 29.3 Å². The van der Waals surface area contributed by atoms with Gasteiger partial charge in [0.05, 0.1) is 11.6 Å². The molecule has 0 aliphatic carbocycles. The molecule has 14 heavy (non-hydrogen) atoms. The van der Waals surface area contributed by atoms with Crippen LogP contribution in [0, 0.1) is 11.3 Å². The number of hydrogen-bond donors (Lipinski definition) is 0. The maximum absolute atomic E-state index is 8.78. The molecule has 0 radical (unpaired) electrons. The van der Waals surface area contributed by atoms with Crippen molar-refractivity contribution >= 4 is 5.69 Å². The third kappa shape index (κ3) is 1.35. The van der Waals surface area contributed by atoms with Gasteiger partial charge in [0, 0.05) is 18.3 Å². The van der Waals surface area contributed by atoms with Gasteiger partial charge in [-0.05, 0) is 44.0 Å². The van der Waals surface area contributed by atoms with Crippen LogP contribution in [0.4, 0.5) is 5.69 Å². The van der Waals surface area contributed by atoms with Crippen molar-refractivity contribution in [3.8, 4) is 6.07 Å². The van der Waals surface area contributed by atoms with Crippen LogP contribution in [0.3, 0.4) is 0 Å². The molecule has 1 aliphatic rings. The first-order valence-electron chi connectivity index (χ1n) is 5.02. The molecule has 0 atom stereocenters. The molecule has 0 N–H and O–H groups in total. The first kappa shape index (κ1) is 9.08. The van der Waals surface area contributed by atoms with E-state index >= 15 is 0 Å². The van der Waals surface area contributed by atoms with Gasteiger partial charge in [-0.15, -0.1) is 0 Å². The minimum atomic E-state index is 0.546. The molecule has 2 nitrogen and oxygen atoms in total. The highest BCUT2D eigenvalue weighted by molar-refractivity contribution is 5.60. The van der Waals surface area contributed by atoms with Gasteiger partial charge in [0.25, 0.3) is 0 Å². The molecule has 2 rings (SSSR count). The maximum atomic E-state index is 8.78. The van der Waals surface area contributed by atoms with E-state index in [4.69, 9.17) is 5.26 Å². The lowest BCUT2D eigenvalue weighted by Gasteiger charge is -2.23. The maximum Gasteiger partial charge on any atom is 0.0991 e. The molecule has 0 amide bonds. The lowest BCUT2D eigenvalue weighted by molar-refractivity contribution is 0.710. The Morgan fingerprint density at radius 3 is 2.86 bits per heavy atom. The minimum Gasteiger partial charge on any atom is -0.369 e. The summed E-state index contributed by atoms with van der Waals surface area (Å²) in [5, 5.41) is 8.78. The monoisotopic (exact) mass is 186 g/mol. The van der Waals surface area contributed by atoms with E-state index in [1.807, 2.05) is 12.1 Å². The van der Waals surface area contributed by atoms with Gasteiger partial charge in [-0.1, -0.05) is 0 Å². The highest BCUT2D eigenvalue weighted by Gasteiger charge is 2.20. The second kappa shape index (κ2) is 3.34. The number of benzene rings is 1. The first-order chi connectivity index (χ1) is 6.72. The van der Waals surface area contributed by atoms with Crippen molar-refractivity contribution in [1.29, 1.82) is 5.26 Å². The summed E-state index contributed by atoms with van der Waals surface area (Å²) in [4.78, 5) is 2.39. The van der Waals surface area contributed by atoms with Crippen LogP contribution in [0.25, 0.3) is 0 Å². The molecule has 0 spiro atoms. The van der Waals surface area contributed by atoms with E-state index in [1.165, 1.54) is 11.3 Å². The summed E-state index contributed by atoms with van der Waals surface area (Å²) >= 11 is 0. The average Bonchev–Trinajstić information content (AvgIpc) is 2.59. The normalized spacial score (nSPS) is 14.3. The van der Waals surface area contributed by atoms with Crippen LogP contribution in [-0.2, 0) is 6.42 Å². The fourth-order valence-electron chi connectivity index (χ4n) is 2.03. The van der Waals surface area contributed by atoms with Gasteiger partial charge in [0.15, 0.2) is 0 Å². The minimum absolute atomic E-state index is 0.546. The first-order valence-corrected chi connectivity index (χ1v) is 5.02. The van der Waals surface area contributed by atoms with Crippen LogP contribution in [0.5, 0.6) is 0 Å². The Hall–Kier alpha value is -1.49. The molecule has 2 heteroatoms. The number of fused-ring (bicyclic) bond motifs is 1. The predicted molar refractivity (Wildman–Crippen MR) is 57.3 cm³/mol. The fourth-order valence-corrected chi connectivity index (χ4v) is 2.03. The van der Waals surface area contributed by atoms with Gasteiger partial charge in [0.2, 0.25) is 0 Å². The van der Waals surface area contributed by atoms with E-state index < -0.39 is 0 Å². The molecule has 72 valence electrons. The molecule has 1 aromatic rings. The zero-order valence-corrected chi connectivity index (χ0v) is 8.62. The summed E-state index contributed by atoms with van der Waals surface area (Å²) in [6.07, 6.45) is 1.07. The number of nitriles is 1. The highest BCUT2D eigenvalue weighted by Crippen LogP contribution is 2.29. The number of anilines is 1. The molecule has 0 fully saturated rings. The molecule has 0 saturated heterocycles. The van der Waals surface area contributed by atoms with Gasteiger partial charge in [-0.2, -0.15) is 5.26 Å². The van der Waals surface area contributed by atoms with E-state index in [0.717, 1.165) is 18.5 Å². The van der Waals surface area contributed by atoms with Crippen molar-refractivity contribution < 1.29 is 0 Å². The summed E-state index contributed by atoms with van der Waals surface area (Å²) in [5.41, 5.74) is 3.39. The molecule has 0 saturated carbocycles. The van der Waals surface area contributed by atoms with Gasteiger partial charge >= 0.3 is 0 Å². The van der Waals surface area contributed by atoms with Gasteiger partial charge < -0.3 is 4.90 Å². The van der Waals surface area contributed by atoms with E-state index in [-0.39, 0.29) is 0 Å². The lowest BCUT2D eigenvalue weighted by atomic mass is 10.1. The van der Waals surface area contributed by atoms with Crippen molar-refractivity contribution in [1.82, 2.24) is 0 Å². The van der Waals surface area contributed by atoms with Crippen molar-refractivity contribution in [2.45, 2.75) is 26.3 Å². The Bertz CT molecular complexity index is 388. The number of nitrogens with zero attached hydrogens (tertiary/aromatic N) is 2. The highest BCUT2D eigenvalue weighted by atomic mass is 15.2. The van der Waals surface area contributed by atoms with Crippen LogP contribution in [0.2, 0.25) is 0 Å². The Balaban J connectivity index is 2.39. The van der Waals surface area contributed by atoms with E-state index in [1.54, 1.807) is 0 Å². The van der Waals surface area contributed by atoms with Gasteiger partial charge in [-0.3, -0.25) is 0 Å². The number of hydrogen-bond acceptors (Lipinski definition) is 2. The molecule has 0 bridgehead atoms. The SMILES string of the molecule is CC(C)N1CCc2cc(C#N)ccc21. The van der Waals surface area contributed by atoms with Crippen molar-refractivity contribution in [3.63, 3.8) is 0 Å². The van der Waals surface area contributed by atoms with E-state index in [2.05, 4.69) is 30.9 Å². The van der Waals surface area contributed by atoms with Crippen LogP contribution in [-0.4, -0.2) is 12.6 Å². The Morgan fingerprint density at radius 1 is 1.43 bits per heavy atom. The molecular weight excluding hydrogens is 172 g/mol. The predicted octanol–water partition coefficient (Wildman–Crippen LogP) is 2.33. The topological polar surface area (TPSA) is 27.0 Å². The zero-order valence-electron chi connectivity index (χ0n) is 8.62. The largest absolute Gasteiger partial charge is 0.369 e. The lowest BCUT2D eigenvalue weighted by Crippen LogP contribution is -2.28. The van der Waals surface area contributed by atoms with Gasteiger partial charge in [-0.25, -0.2) is 0 Å². The fraction of sp³-hybridized carbons (Fsp3) is 0.417. The average molecular weight is 186 g/mol. The van der Waals surface area contributed by atoms with Crippen LogP contribution < -0.4 is 4.90 Å².